The van der Waals surface area contributed by atoms with Crippen molar-refractivity contribution in [2.45, 2.75) is 21.4 Å². The lowest BCUT2D eigenvalue weighted by atomic mass is 10.1. The highest BCUT2D eigenvalue weighted by Crippen LogP contribution is 2.48. The number of fused-ring (bicyclic) bond motifs is 2. The monoisotopic (exact) mass is 474 g/mol. The SMILES string of the molecule is COc1ccc(Cc2nnc(SCC(=O)N3c4ccccc4Sc4ccccc43)n2C)cc1. The number of carbonyl (C=O) groups is 1. The van der Waals surface area contributed by atoms with Crippen LogP contribution in [0, 0.1) is 0 Å². The molecule has 1 aliphatic rings. The van der Waals surface area contributed by atoms with Gasteiger partial charge in [0.05, 0.1) is 24.2 Å². The van der Waals surface area contributed by atoms with E-state index in [1.807, 2.05) is 77.2 Å². The van der Waals surface area contributed by atoms with E-state index in [1.165, 1.54) is 11.8 Å². The summed E-state index contributed by atoms with van der Waals surface area (Å²) in [5.41, 5.74) is 2.97. The Hall–Kier alpha value is -3.23. The first kappa shape index (κ1) is 21.6. The highest BCUT2D eigenvalue weighted by atomic mass is 32.2. The standard InChI is InChI=1S/C25H22N4O2S2/c1-28-23(15-17-11-13-18(31-2)14-12-17)26-27-25(28)32-16-24(30)29-19-7-3-5-9-21(19)33-22-10-6-4-8-20(22)29/h3-14H,15-16H2,1-2H3. The number of carbonyl (C=O) groups excluding carboxylic acids is 1. The number of ether oxygens (including phenoxy) is 1. The zero-order valence-corrected chi connectivity index (χ0v) is 19.9. The third kappa shape index (κ3) is 4.36. The van der Waals surface area contributed by atoms with Crippen molar-refractivity contribution in [1.29, 1.82) is 0 Å². The highest BCUT2D eigenvalue weighted by Gasteiger charge is 2.28. The maximum atomic E-state index is 13.4. The minimum Gasteiger partial charge on any atom is -0.497 e. The zero-order valence-electron chi connectivity index (χ0n) is 18.3. The van der Waals surface area contributed by atoms with Crippen molar-refractivity contribution in [2.75, 3.05) is 17.8 Å². The molecule has 0 saturated heterocycles. The molecule has 0 unspecified atom stereocenters. The van der Waals surface area contributed by atoms with Crippen LogP contribution in [0.3, 0.4) is 0 Å². The highest BCUT2D eigenvalue weighted by molar-refractivity contribution is 8.00. The second-order valence-electron chi connectivity index (χ2n) is 7.54. The van der Waals surface area contributed by atoms with Gasteiger partial charge in [-0.15, -0.1) is 10.2 Å². The Labute approximate surface area is 201 Å². The van der Waals surface area contributed by atoms with Crippen molar-refractivity contribution in [3.8, 4) is 5.75 Å². The number of para-hydroxylation sites is 2. The van der Waals surface area contributed by atoms with Crippen LogP contribution in [0.2, 0.25) is 0 Å². The predicted octanol–water partition coefficient (Wildman–Crippen LogP) is 5.34. The number of methoxy groups -OCH3 is 1. The molecule has 33 heavy (non-hydrogen) atoms. The molecule has 1 aliphatic heterocycles. The zero-order chi connectivity index (χ0) is 22.8. The summed E-state index contributed by atoms with van der Waals surface area (Å²) >= 11 is 3.10. The molecular formula is C25H22N4O2S2. The normalized spacial score (nSPS) is 12.2. The van der Waals surface area contributed by atoms with E-state index < -0.39 is 0 Å². The van der Waals surface area contributed by atoms with Gasteiger partial charge >= 0.3 is 0 Å². The Bertz CT molecular complexity index is 1260. The summed E-state index contributed by atoms with van der Waals surface area (Å²) in [7, 11) is 3.59. The van der Waals surface area contributed by atoms with Gasteiger partial charge in [0.1, 0.15) is 11.6 Å². The molecule has 0 N–H and O–H groups in total. The molecule has 0 spiro atoms. The van der Waals surface area contributed by atoms with E-state index in [0.717, 1.165) is 43.5 Å². The summed E-state index contributed by atoms with van der Waals surface area (Å²) in [5, 5.41) is 9.40. The minimum atomic E-state index is 0.0138. The largest absolute Gasteiger partial charge is 0.497 e. The molecule has 4 aromatic rings. The van der Waals surface area contributed by atoms with Crippen LogP contribution in [-0.4, -0.2) is 33.5 Å². The number of nitrogens with zero attached hydrogens (tertiary/aromatic N) is 4. The van der Waals surface area contributed by atoms with Gasteiger partial charge in [0, 0.05) is 23.3 Å². The first-order chi connectivity index (χ1) is 16.1. The number of amides is 1. The molecule has 8 heteroatoms. The van der Waals surface area contributed by atoms with E-state index in [0.29, 0.717) is 6.42 Å². The predicted molar refractivity (Wildman–Crippen MR) is 132 cm³/mol. The lowest BCUT2D eigenvalue weighted by molar-refractivity contribution is -0.115. The third-order valence-corrected chi connectivity index (χ3v) is 7.59. The molecule has 0 fully saturated rings. The molecule has 3 aromatic carbocycles. The van der Waals surface area contributed by atoms with Crippen molar-refractivity contribution < 1.29 is 9.53 Å². The molecular weight excluding hydrogens is 452 g/mol. The number of aromatic nitrogens is 3. The summed E-state index contributed by atoms with van der Waals surface area (Å²) in [5.74, 6) is 1.95. The van der Waals surface area contributed by atoms with Crippen molar-refractivity contribution in [1.82, 2.24) is 14.8 Å². The number of thioether (sulfide) groups is 1. The van der Waals surface area contributed by atoms with E-state index in [9.17, 15) is 4.79 Å². The van der Waals surface area contributed by atoms with Crippen LogP contribution in [0.25, 0.3) is 0 Å². The van der Waals surface area contributed by atoms with Gasteiger partial charge in [0.25, 0.3) is 0 Å². The van der Waals surface area contributed by atoms with Gasteiger partial charge in [-0.2, -0.15) is 0 Å². The molecule has 0 radical (unpaired) electrons. The van der Waals surface area contributed by atoms with E-state index in [-0.39, 0.29) is 11.7 Å². The maximum absolute atomic E-state index is 13.4. The fraction of sp³-hybridized carbons (Fsp3) is 0.160. The second kappa shape index (κ2) is 9.33. The lowest BCUT2D eigenvalue weighted by Gasteiger charge is -2.30. The van der Waals surface area contributed by atoms with Crippen LogP contribution < -0.4 is 9.64 Å². The Morgan fingerprint density at radius 1 is 0.939 bits per heavy atom. The Morgan fingerprint density at radius 3 is 2.21 bits per heavy atom. The first-order valence-corrected chi connectivity index (χ1v) is 12.3. The molecule has 166 valence electrons. The Kier molecular flexibility index (Phi) is 6.11. The molecule has 2 heterocycles. The quantitative estimate of drug-likeness (QED) is 0.352. The van der Waals surface area contributed by atoms with Gasteiger partial charge in [-0.25, -0.2) is 0 Å². The fourth-order valence-electron chi connectivity index (χ4n) is 3.71. The van der Waals surface area contributed by atoms with Gasteiger partial charge in [-0.3, -0.25) is 9.69 Å². The van der Waals surface area contributed by atoms with Gasteiger partial charge in [-0.1, -0.05) is 59.9 Å². The van der Waals surface area contributed by atoms with E-state index in [1.54, 1.807) is 18.9 Å². The summed E-state index contributed by atoms with van der Waals surface area (Å²) in [6, 6.07) is 24.0. The van der Waals surface area contributed by atoms with Crippen LogP contribution >= 0.6 is 23.5 Å². The van der Waals surface area contributed by atoms with Crippen LogP contribution in [0.5, 0.6) is 5.75 Å². The number of rotatable bonds is 6. The molecule has 0 bridgehead atoms. The van der Waals surface area contributed by atoms with Crippen molar-refractivity contribution in [3.05, 3.63) is 84.2 Å². The summed E-state index contributed by atoms with van der Waals surface area (Å²) in [4.78, 5) is 17.4. The number of hydrogen-bond donors (Lipinski definition) is 0. The van der Waals surface area contributed by atoms with E-state index in [4.69, 9.17) is 4.74 Å². The molecule has 6 nitrogen and oxygen atoms in total. The molecule has 1 aromatic heterocycles. The van der Waals surface area contributed by atoms with Gasteiger partial charge in [0.2, 0.25) is 5.91 Å². The van der Waals surface area contributed by atoms with Crippen LogP contribution in [0.4, 0.5) is 11.4 Å². The van der Waals surface area contributed by atoms with Gasteiger partial charge in [-0.05, 0) is 42.0 Å². The second-order valence-corrected chi connectivity index (χ2v) is 9.56. The van der Waals surface area contributed by atoms with E-state index in [2.05, 4.69) is 22.3 Å². The third-order valence-electron chi connectivity index (χ3n) is 5.45. The van der Waals surface area contributed by atoms with Crippen molar-refractivity contribution in [2.24, 2.45) is 7.05 Å². The van der Waals surface area contributed by atoms with E-state index >= 15 is 0 Å². The lowest BCUT2D eigenvalue weighted by Crippen LogP contribution is -2.30. The first-order valence-electron chi connectivity index (χ1n) is 10.5. The maximum Gasteiger partial charge on any atom is 0.242 e. The molecule has 1 amide bonds. The Balaban J connectivity index is 1.32. The molecule has 5 rings (SSSR count). The van der Waals surface area contributed by atoms with Gasteiger partial charge in [0.15, 0.2) is 5.16 Å². The Morgan fingerprint density at radius 2 is 1.58 bits per heavy atom. The molecule has 0 aliphatic carbocycles. The van der Waals surface area contributed by atoms with Crippen LogP contribution in [0.1, 0.15) is 11.4 Å². The summed E-state index contributed by atoms with van der Waals surface area (Å²) < 4.78 is 7.18. The molecule has 0 atom stereocenters. The number of hydrogen-bond acceptors (Lipinski definition) is 6. The average Bonchev–Trinajstić information content (AvgIpc) is 3.20. The summed E-state index contributed by atoms with van der Waals surface area (Å²) in [6.45, 7) is 0. The topological polar surface area (TPSA) is 60.3 Å². The van der Waals surface area contributed by atoms with Crippen LogP contribution in [-0.2, 0) is 18.3 Å². The molecule has 0 saturated carbocycles. The van der Waals surface area contributed by atoms with Crippen molar-refractivity contribution >= 4 is 40.8 Å². The van der Waals surface area contributed by atoms with Gasteiger partial charge < -0.3 is 9.30 Å². The fourth-order valence-corrected chi connectivity index (χ4v) is 5.55. The number of anilines is 2. The summed E-state index contributed by atoms with van der Waals surface area (Å²) in [6.07, 6.45) is 0.659. The number of benzene rings is 3. The minimum absolute atomic E-state index is 0.0138. The van der Waals surface area contributed by atoms with Crippen LogP contribution in [0.15, 0.2) is 87.7 Å². The smallest absolute Gasteiger partial charge is 0.242 e. The van der Waals surface area contributed by atoms with Crippen molar-refractivity contribution in [3.63, 3.8) is 0 Å². The average molecular weight is 475 g/mol.